The van der Waals surface area contributed by atoms with Crippen LogP contribution in [0.5, 0.6) is 0 Å². The summed E-state index contributed by atoms with van der Waals surface area (Å²) in [7, 11) is 0. The Morgan fingerprint density at radius 1 is 0.955 bits per heavy atom. The third kappa shape index (κ3) is 6.64. The van der Waals surface area contributed by atoms with Gasteiger partial charge in [0.15, 0.2) is 6.29 Å². The molecule has 22 heavy (non-hydrogen) atoms. The Hall–Kier alpha value is -1.31. The molecule has 0 aliphatic rings. The van der Waals surface area contributed by atoms with E-state index in [0.717, 1.165) is 24.2 Å². The smallest absolute Gasteiger partial charge is 0.243 e. The lowest BCUT2D eigenvalue weighted by molar-refractivity contribution is -0.166. The van der Waals surface area contributed by atoms with Crippen molar-refractivity contribution in [2.45, 2.75) is 46.8 Å². The molecule has 7 heteroatoms. The molecule has 0 fully saturated rings. The van der Waals surface area contributed by atoms with E-state index < -0.39 is 0 Å². The first-order valence-electron chi connectivity index (χ1n) is 8.02. The molecule has 0 saturated carbocycles. The van der Waals surface area contributed by atoms with E-state index in [1.165, 1.54) is 0 Å². The third-order valence-corrected chi connectivity index (χ3v) is 3.00. The van der Waals surface area contributed by atoms with Crippen molar-refractivity contribution < 1.29 is 14.2 Å². The van der Waals surface area contributed by atoms with Gasteiger partial charge in [-0.05, 0) is 26.7 Å². The highest BCUT2D eigenvalue weighted by molar-refractivity contribution is 5.25. The Morgan fingerprint density at radius 2 is 1.64 bits per heavy atom. The number of rotatable bonds is 12. The number of nitrogens with zero attached hydrogens (tertiary/aromatic N) is 3. The quantitative estimate of drug-likeness (QED) is 0.466. The highest BCUT2D eigenvalue weighted by Crippen LogP contribution is 2.06. The molecule has 0 radical (unpaired) electrons. The molecule has 0 amide bonds. The van der Waals surface area contributed by atoms with Gasteiger partial charge in [-0.15, -0.1) is 5.10 Å². The zero-order valence-corrected chi connectivity index (χ0v) is 14.1. The summed E-state index contributed by atoms with van der Waals surface area (Å²) < 4.78 is 16.3. The summed E-state index contributed by atoms with van der Waals surface area (Å²) >= 11 is 0. The van der Waals surface area contributed by atoms with Crippen molar-refractivity contribution in [2.24, 2.45) is 0 Å². The maximum Gasteiger partial charge on any atom is 0.243 e. The van der Waals surface area contributed by atoms with E-state index in [0.29, 0.717) is 38.9 Å². The normalized spacial score (nSPS) is 11.1. The molecule has 0 bridgehead atoms. The number of hydrogen-bond acceptors (Lipinski definition) is 7. The van der Waals surface area contributed by atoms with Gasteiger partial charge in [-0.1, -0.05) is 13.8 Å². The second-order valence-electron chi connectivity index (χ2n) is 4.58. The lowest BCUT2D eigenvalue weighted by Crippen LogP contribution is -2.25. The average Bonchev–Trinajstić information content (AvgIpc) is 2.54. The Morgan fingerprint density at radius 3 is 2.23 bits per heavy atom. The van der Waals surface area contributed by atoms with Crippen LogP contribution in [-0.2, 0) is 27.1 Å². The monoisotopic (exact) mass is 312 g/mol. The molecule has 0 aromatic carbocycles. The van der Waals surface area contributed by atoms with Gasteiger partial charge in [-0.2, -0.15) is 5.10 Å². The standard InChI is InChI=1S/C15H28N4O3/c1-5-12-13(6-2)18-19-15(17-12)16-9-10-20-11-14(21-7-3)22-8-4/h14H,5-11H2,1-4H3,(H,16,17,19). The Kier molecular flexibility index (Phi) is 9.61. The number of ether oxygens (including phenoxy) is 3. The van der Waals surface area contributed by atoms with Crippen LogP contribution in [-0.4, -0.2) is 54.4 Å². The van der Waals surface area contributed by atoms with Crippen molar-refractivity contribution >= 4 is 5.95 Å². The molecule has 1 aromatic rings. The van der Waals surface area contributed by atoms with Gasteiger partial charge >= 0.3 is 0 Å². The van der Waals surface area contributed by atoms with E-state index >= 15 is 0 Å². The van der Waals surface area contributed by atoms with E-state index in [4.69, 9.17) is 14.2 Å². The van der Waals surface area contributed by atoms with Crippen molar-refractivity contribution in [2.75, 3.05) is 38.3 Å². The van der Waals surface area contributed by atoms with Gasteiger partial charge in [0.05, 0.1) is 24.6 Å². The summed E-state index contributed by atoms with van der Waals surface area (Å²) in [6, 6.07) is 0. The van der Waals surface area contributed by atoms with Crippen molar-refractivity contribution in [3.63, 3.8) is 0 Å². The third-order valence-electron chi connectivity index (χ3n) is 3.00. The first-order chi connectivity index (χ1) is 10.7. The fourth-order valence-electron chi connectivity index (χ4n) is 1.94. The minimum atomic E-state index is -0.302. The first-order valence-corrected chi connectivity index (χ1v) is 8.02. The fourth-order valence-corrected chi connectivity index (χ4v) is 1.94. The second-order valence-corrected chi connectivity index (χ2v) is 4.58. The summed E-state index contributed by atoms with van der Waals surface area (Å²) in [4.78, 5) is 4.46. The van der Waals surface area contributed by atoms with E-state index in [-0.39, 0.29) is 6.29 Å². The minimum Gasteiger partial charge on any atom is -0.374 e. The van der Waals surface area contributed by atoms with Crippen LogP contribution >= 0.6 is 0 Å². The predicted molar refractivity (Wildman–Crippen MR) is 84.9 cm³/mol. The largest absolute Gasteiger partial charge is 0.374 e. The summed E-state index contributed by atoms with van der Waals surface area (Å²) in [5.41, 5.74) is 1.95. The van der Waals surface area contributed by atoms with Crippen LogP contribution < -0.4 is 5.32 Å². The summed E-state index contributed by atoms with van der Waals surface area (Å²) in [6.07, 6.45) is 1.40. The summed E-state index contributed by atoms with van der Waals surface area (Å²) in [5.74, 6) is 0.545. The molecule has 1 aromatic heterocycles. The Labute approximate surface area is 132 Å². The first kappa shape index (κ1) is 18.7. The van der Waals surface area contributed by atoms with Gasteiger partial charge < -0.3 is 19.5 Å². The Balaban J connectivity index is 2.29. The molecule has 7 nitrogen and oxygen atoms in total. The maximum absolute atomic E-state index is 5.54. The second kappa shape index (κ2) is 11.3. The lowest BCUT2D eigenvalue weighted by Gasteiger charge is -2.16. The number of aromatic nitrogens is 3. The van der Waals surface area contributed by atoms with Gasteiger partial charge in [0.1, 0.15) is 0 Å². The molecule has 0 atom stereocenters. The number of nitrogens with one attached hydrogen (secondary N) is 1. The SMILES string of the molecule is CCOC(COCCNc1nnc(CC)c(CC)n1)OCC. The van der Waals surface area contributed by atoms with Gasteiger partial charge in [-0.3, -0.25) is 0 Å². The molecule has 0 saturated heterocycles. The molecule has 0 unspecified atom stereocenters. The minimum absolute atomic E-state index is 0.302. The van der Waals surface area contributed by atoms with Gasteiger partial charge in [-0.25, -0.2) is 4.98 Å². The van der Waals surface area contributed by atoms with E-state index in [1.54, 1.807) is 0 Å². The molecule has 1 N–H and O–H groups in total. The van der Waals surface area contributed by atoms with Gasteiger partial charge in [0.2, 0.25) is 5.95 Å². The van der Waals surface area contributed by atoms with E-state index in [9.17, 15) is 0 Å². The van der Waals surface area contributed by atoms with Crippen LogP contribution in [0.3, 0.4) is 0 Å². The lowest BCUT2D eigenvalue weighted by atomic mass is 10.2. The molecule has 126 valence electrons. The average molecular weight is 312 g/mol. The van der Waals surface area contributed by atoms with Crippen molar-refractivity contribution in [1.82, 2.24) is 15.2 Å². The Bertz CT molecular complexity index is 412. The van der Waals surface area contributed by atoms with Crippen molar-refractivity contribution in [1.29, 1.82) is 0 Å². The molecule has 0 spiro atoms. The number of hydrogen-bond donors (Lipinski definition) is 1. The molecule has 0 aliphatic carbocycles. The molecular weight excluding hydrogens is 284 g/mol. The van der Waals surface area contributed by atoms with Crippen LogP contribution in [0.4, 0.5) is 5.95 Å². The summed E-state index contributed by atoms with van der Waals surface area (Å²) in [5, 5.41) is 11.4. The van der Waals surface area contributed by atoms with Crippen molar-refractivity contribution in [3.8, 4) is 0 Å². The molecule has 1 heterocycles. The van der Waals surface area contributed by atoms with Crippen LogP contribution in [0.25, 0.3) is 0 Å². The topological polar surface area (TPSA) is 78.4 Å². The maximum atomic E-state index is 5.54. The van der Waals surface area contributed by atoms with E-state index in [2.05, 4.69) is 34.3 Å². The highest BCUT2D eigenvalue weighted by Gasteiger charge is 2.08. The number of anilines is 1. The fraction of sp³-hybridized carbons (Fsp3) is 0.800. The van der Waals surface area contributed by atoms with Crippen LogP contribution in [0.2, 0.25) is 0 Å². The van der Waals surface area contributed by atoms with Crippen molar-refractivity contribution in [3.05, 3.63) is 11.4 Å². The highest BCUT2D eigenvalue weighted by atomic mass is 16.7. The van der Waals surface area contributed by atoms with Crippen LogP contribution in [0.15, 0.2) is 0 Å². The number of aryl methyl sites for hydroxylation is 2. The van der Waals surface area contributed by atoms with Gasteiger partial charge in [0, 0.05) is 19.8 Å². The predicted octanol–water partition coefficient (Wildman–Crippen LogP) is 1.82. The van der Waals surface area contributed by atoms with E-state index in [1.807, 2.05) is 13.8 Å². The zero-order valence-electron chi connectivity index (χ0n) is 14.1. The molecule has 1 rings (SSSR count). The molecule has 0 aliphatic heterocycles. The van der Waals surface area contributed by atoms with Crippen LogP contribution in [0, 0.1) is 0 Å². The molecular formula is C15H28N4O3. The van der Waals surface area contributed by atoms with Gasteiger partial charge in [0.25, 0.3) is 0 Å². The zero-order chi connectivity index (χ0) is 16.2. The van der Waals surface area contributed by atoms with Crippen LogP contribution in [0.1, 0.15) is 39.1 Å². The summed E-state index contributed by atoms with van der Waals surface area (Å²) in [6.45, 7) is 10.8.